The zero-order valence-corrected chi connectivity index (χ0v) is 19.6. The highest BCUT2D eigenvalue weighted by molar-refractivity contribution is 7.99. The molecule has 2 fully saturated rings. The Morgan fingerprint density at radius 2 is 1.71 bits per heavy atom. The predicted octanol–water partition coefficient (Wildman–Crippen LogP) is 3.63. The highest BCUT2D eigenvalue weighted by Gasteiger charge is 2.65. The minimum absolute atomic E-state index is 0.0188. The van der Waals surface area contributed by atoms with Gasteiger partial charge in [-0.15, -0.1) is 11.8 Å². The molecule has 8 heteroatoms. The van der Waals surface area contributed by atoms with E-state index in [9.17, 15) is 14.4 Å². The molecule has 0 radical (unpaired) electrons. The van der Waals surface area contributed by atoms with Crippen LogP contribution in [-0.4, -0.2) is 53.8 Å². The van der Waals surface area contributed by atoms with Gasteiger partial charge < -0.3 is 20.5 Å². The number of carboxylic acid groups (broad SMARTS) is 1. The normalized spacial score (nSPS) is 24.0. The lowest BCUT2D eigenvalue weighted by Crippen LogP contribution is -2.38. The van der Waals surface area contributed by atoms with Gasteiger partial charge in [-0.3, -0.25) is 9.59 Å². The molecule has 0 spiro atoms. The van der Waals surface area contributed by atoms with Gasteiger partial charge in [-0.25, -0.2) is 4.79 Å². The van der Waals surface area contributed by atoms with Crippen molar-refractivity contribution in [1.29, 1.82) is 0 Å². The van der Waals surface area contributed by atoms with Gasteiger partial charge in [-0.2, -0.15) is 0 Å². The number of carboxylic acids is 1. The van der Waals surface area contributed by atoms with E-state index in [4.69, 9.17) is 9.84 Å². The number of rotatable bonds is 9. The number of nitrogens with one attached hydrogen (secondary N) is 2. The number of thioether (sulfide) groups is 1. The van der Waals surface area contributed by atoms with E-state index in [1.807, 2.05) is 24.3 Å². The minimum atomic E-state index is -0.852. The van der Waals surface area contributed by atoms with Crippen LogP contribution in [-0.2, 0) is 14.3 Å². The quantitative estimate of drug-likeness (QED) is 0.474. The van der Waals surface area contributed by atoms with Crippen LogP contribution in [0.25, 0.3) is 11.1 Å². The van der Waals surface area contributed by atoms with Gasteiger partial charge in [-0.05, 0) is 47.4 Å². The molecule has 2 amide bonds. The summed E-state index contributed by atoms with van der Waals surface area (Å²) >= 11 is 1.29. The van der Waals surface area contributed by atoms with Crippen molar-refractivity contribution in [2.45, 2.75) is 31.2 Å². The Morgan fingerprint density at radius 1 is 1.03 bits per heavy atom. The van der Waals surface area contributed by atoms with Crippen molar-refractivity contribution < 1.29 is 24.2 Å². The van der Waals surface area contributed by atoms with Crippen LogP contribution in [0, 0.1) is 11.3 Å². The van der Waals surface area contributed by atoms with E-state index in [1.54, 1.807) is 0 Å². The zero-order chi connectivity index (χ0) is 23.7. The summed E-state index contributed by atoms with van der Waals surface area (Å²) in [6.45, 7) is 0.728. The van der Waals surface area contributed by atoms with Crippen molar-refractivity contribution in [2.24, 2.45) is 11.3 Å². The molecule has 0 heterocycles. The van der Waals surface area contributed by atoms with Gasteiger partial charge in [0, 0.05) is 24.3 Å². The Bertz CT molecular complexity index is 1080. The molecule has 7 nitrogen and oxygen atoms in total. The van der Waals surface area contributed by atoms with Gasteiger partial charge in [-0.1, -0.05) is 48.5 Å². The van der Waals surface area contributed by atoms with E-state index >= 15 is 0 Å². The Kier molecular flexibility index (Phi) is 6.25. The maximum atomic E-state index is 12.7. The van der Waals surface area contributed by atoms with Crippen LogP contribution in [0.2, 0.25) is 0 Å². The Hall–Kier alpha value is -3.00. The number of alkyl carbamates (subject to hydrolysis) is 1. The van der Waals surface area contributed by atoms with Gasteiger partial charge in [0.25, 0.3) is 0 Å². The summed E-state index contributed by atoms with van der Waals surface area (Å²) < 4.78 is 5.65. The molecule has 3 unspecified atom stereocenters. The average molecular weight is 481 g/mol. The first-order chi connectivity index (χ1) is 16.5. The molecule has 34 heavy (non-hydrogen) atoms. The molecular formula is C26H28N2O5S. The molecule has 2 aromatic rings. The van der Waals surface area contributed by atoms with Gasteiger partial charge in [0.15, 0.2) is 0 Å². The van der Waals surface area contributed by atoms with E-state index in [1.165, 1.54) is 34.0 Å². The summed E-state index contributed by atoms with van der Waals surface area (Å²) in [6.07, 6.45) is 1.82. The summed E-state index contributed by atoms with van der Waals surface area (Å²) in [5.74, 6) is 0.0837. The van der Waals surface area contributed by atoms with Crippen LogP contribution in [0.15, 0.2) is 48.5 Å². The third-order valence-corrected chi connectivity index (χ3v) is 8.23. The summed E-state index contributed by atoms with van der Waals surface area (Å²) in [6, 6.07) is 16.4. The van der Waals surface area contributed by atoms with Crippen LogP contribution in [0.3, 0.4) is 0 Å². The summed E-state index contributed by atoms with van der Waals surface area (Å²) in [5.41, 5.74) is 4.35. The molecule has 3 N–H and O–H groups in total. The Morgan fingerprint density at radius 3 is 2.38 bits per heavy atom. The van der Waals surface area contributed by atoms with Crippen molar-refractivity contribution in [1.82, 2.24) is 10.6 Å². The number of hydrogen-bond acceptors (Lipinski definition) is 5. The molecule has 2 saturated carbocycles. The summed E-state index contributed by atoms with van der Waals surface area (Å²) in [5, 5.41) is 14.6. The Labute approximate surface area is 202 Å². The van der Waals surface area contributed by atoms with Gasteiger partial charge in [0.1, 0.15) is 6.61 Å². The van der Waals surface area contributed by atoms with E-state index in [0.717, 1.165) is 12.8 Å². The molecule has 178 valence electrons. The van der Waals surface area contributed by atoms with Crippen LogP contribution in [0.5, 0.6) is 0 Å². The lowest BCUT2D eigenvalue weighted by atomic mass is 9.98. The first kappa shape index (κ1) is 22.8. The Balaban J connectivity index is 1.10. The average Bonchev–Trinajstić information content (AvgIpc) is 3.25. The monoisotopic (exact) mass is 480 g/mol. The summed E-state index contributed by atoms with van der Waals surface area (Å²) in [4.78, 5) is 35.8. The molecule has 3 aliphatic carbocycles. The van der Waals surface area contributed by atoms with Crippen molar-refractivity contribution in [3.8, 4) is 11.1 Å². The van der Waals surface area contributed by atoms with E-state index in [2.05, 4.69) is 34.9 Å². The number of ether oxygens (including phenoxy) is 1. The molecule has 0 bridgehead atoms. The van der Waals surface area contributed by atoms with Crippen LogP contribution in [0.1, 0.15) is 36.3 Å². The van der Waals surface area contributed by atoms with Crippen LogP contribution < -0.4 is 10.6 Å². The standard InChI is InChI=1S/C26H28N2O5S/c29-23(30)15-34-10-9-27-24(31)26-12-16(26)11-17(13-26)28-25(32)33-14-22-20-7-3-1-5-18(20)19-6-2-4-8-21(19)22/h1-8,16-17,22H,9-15H2,(H,27,31)(H,28,32)(H,29,30). The van der Waals surface area contributed by atoms with Crippen molar-refractivity contribution in [3.63, 3.8) is 0 Å². The highest BCUT2D eigenvalue weighted by Crippen LogP contribution is 2.63. The second kappa shape index (κ2) is 9.33. The van der Waals surface area contributed by atoms with Gasteiger partial charge in [0.2, 0.25) is 5.91 Å². The highest BCUT2D eigenvalue weighted by atomic mass is 32.2. The zero-order valence-electron chi connectivity index (χ0n) is 18.8. The first-order valence-electron chi connectivity index (χ1n) is 11.7. The van der Waals surface area contributed by atoms with Gasteiger partial charge >= 0.3 is 12.1 Å². The van der Waals surface area contributed by atoms with Crippen LogP contribution in [0.4, 0.5) is 4.79 Å². The maximum absolute atomic E-state index is 12.7. The topological polar surface area (TPSA) is 105 Å². The number of hydrogen-bond donors (Lipinski definition) is 3. The SMILES string of the molecule is O=C(O)CSCCNC(=O)C12CC(NC(=O)OCC3c4ccccc4-c4ccccc43)CC1C2. The number of carbonyl (C=O) groups excluding carboxylic acids is 2. The molecule has 3 atom stereocenters. The second-order valence-corrected chi connectivity index (χ2v) is 10.5. The third-order valence-electron chi connectivity index (χ3n) is 7.29. The lowest BCUT2D eigenvalue weighted by Gasteiger charge is -2.19. The molecule has 3 aliphatic rings. The number of aliphatic carboxylic acids is 1. The lowest BCUT2D eigenvalue weighted by molar-refractivity contribution is -0.134. The number of fused-ring (bicyclic) bond motifs is 4. The summed E-state index contributed by atoms with van der Waals surface area (Å²) in [7, 11) is 0. The second-order valence-electron chi connectivity index (χ2n) is 9.37. The number of benzene rings is 2. The van der Waals surface area contributed by atoms with Crippen LogP contribution >= 0.6 is 11.8 Å². The minimum Gasteiger partial charge on any atom is -0.481 e. The molecule has 5 rings (SSSR count). The molecule has 0 aliphatic heterocycles. The first-order valence-corrected chi connectivity index (χ1v) is 12.8. The fourth-order valence-electron chi connectivity index (χ4n) is 5.67. The molecule has 0 saturated heterocycles. The van der Waals surface area contributed by atoms with E-state index in [0.29, 0.717) is 18.7 Å². The van der Waals surface area contributed by atoms with E-state index < -0.39 is 17.5 Å². The molecule has 2 aromatic carbocycles. The van der Waals surface area contributed by atoms with Crippen molar-refractivity contribution in [2.75, 3.05) is 24.7 Å². The maximum Gasteiger partial charge on any atom is 0.407 e. The fourth-order valence-corrected chi connectivity index (χ4v) is 6.23. The van der Waals surface area contributed by atoms with Crippen molar-refractivity contribution >= 4 is 29.7 Å². The molecular weight excluding hydrogens is 452 g/mol. The largest absolute Gasteiger partial charge is 0.481 e. The predicted molar refractivity (Wildman–Crippen MR) is 130 cm³/mol. The molecule has 0 aromatic heterocycles. The third kappa shape index (κ3) is 4.39. The number of amides is 2. The smallest absolute Gasteiger partial charge is 0.407 e. The van der Waals surface area contributed by atoms with Gasteiger partial charge in [0.05, 0.1) is 11.2 Å². The van der Waals surface area contributed by atoms with E-state index in [-0.39, 0.29) is 36.1 Å². The fraction of sp³-hybridized carbons (Fsp3) is 0.423. The number of carbonyl (C=O) groups is 3. The van der Waals surface area contributed by atoms with Crippen molar-refractivity contribution in [3.05, 3.63) is 59.7 Å².